The Morgan fingerprint density at radius 2 is 1.85 bits per heavy atom. The van der Waals surface area contributed by atoms with Gasteiger partial charge in [-0.15, -0.1) is 0 Å². The van der Waals surface area contributed by atoms with E-state index in [1.807, 2.05) is 0 Å². The van der Waals surface area contributed by atoms with Gasteiger partial charge < -0.3 is 5.11 Å². The summed E-state index contributed by atoms with van der Waals surface area (Å²) in [4.78, 5) is 0.00486. The van der Waals surface area contributed by atoms with Gasteiger partial charge in [0.2, 0.25) is 10.0 Å². The molecule has 1 aromatic carbocycles. The summed E-state index contributed by atoms with van der Waals surface area (Å²) in [6, 6.07) is 4.06. The highest BCUT2D eigenvalue weighted by Gasteiger charge is 2.31. The second-order valence-electron chi connectivity index (χ2n) is 4.47. The van der Waals surface area contributed by atoms with E-state index in [1.165, 1.54) is 18.2 Å². The van der Waals surface area contributed by atoms with Crippen LogP contribution in [-0.2, 0) is 26.5 Å². The summed E-state index contributed by atoms with van der Waals surface area (Å²) in [6.45, 7) is -0.472. The van der Waals surface area contributed by atoms with Crippen LogP contribution in [0.3, 0.4) is 0 Å². The van der Waals surface area contributed by atoms with Crippen molar-refractivity contribution in [2.45, 2.75) is 11.5 Å². The molecule has 0 aromatic heterocycles. The molecule has 0 bridgehead atoms. The zero-order valence-electron chi connectivity index (χ0n) is 10.5. The Labute approximate surface area is 122 Å². The number of aliphatic hydroxyl groups excluding tert-OH is 1. The third kappa shape index (κ3) is 3.15. The predicted octanol–water partition coefficient (Wildman–Crippen LogP) is 0.251. The summed E-state index contributed by atoms with van der Waals surface area (Å²) in [7, 11) is -6.91. The fourth-order valence-electron chi connectivity index (χ4n) is 1.92. The molecule has 9 heteroatoms. The molecule has 1 aliphatic rings. The summed E-state index contributed by atoms with van der Waals surface area (Å²) >= 11 is 5.82. The maximum atomic E-state index is 12.4. The van der Waals surface area contributed by atoms with E-state index in [1.54, 1.807) is 0 Å². The lowest BCUT2D eigenvalue weighted by atomic mass is 10.2. The summed E-state index contributed by atoms with van der Waals surface area (Å²) < 4.78 is 48.6. The molecule has 1 fully saturated rings. The first kappa shape index (κ1) is 15.7. The van der Waals surface area contributed by atoms with E-state index in [-0.39, 0.29) is 41.1 Å². The fourth-order valence-corrected chi connectivity index (χ4v) is 5.02. The van der Waals surface area contributed by atoms with Gasteiger partial charge in [0.15, 0.2) is 9.84 Å². The van der Waals surface area contributed by atoms with Crippen LogP contribution in [0, 0.1) is 0 Å². The molecular formula is C11H14ClNO5S2. The van der Waals surface area contributed by atoms with Crippen LogP contribution < -0.4 is 0 Å². The monoisotopic (exact) mass is 339 g/mol. The van der Waals surface area contributed by atoms with Crippen molar-refractivity contribution < 1.29 is 21.9 Å². The minimum absolute atomic E-state index is 0.00486. The maximum absolute atomic E-state index is 12.4. The van der Waals surface area contributed by atoms with Crippen LogP contribution >= 0.6 is 11.6 Å². The van der Waals surface area contributed by atoms with E-state index in [2.05, 4.69) is 0 Å². The van der Waals surface area contributed by atoms with Crippen molar-refractivity contribution in [3.63, 3.8) is 0 Å². The minimum atomic E-state index is -3.76. The number of sulfone groups is 1. The summed E-state index contributed by atoms with van der Waals surface area (Å²) in [5.41, 5.74) is 0.317. The number of hydrogen-bond acceptors (Lipinski definition) is 5. The molecule has 0 atom stereocenters. The van der Waals surface area contributed by atoms with Gasteiger partial charge in [0.1, 0.15) is 0 Å². The van der Waals surface area contributed by atoms with Gasteiger partial charge in [-0.1, -0.05) is 11.6 Å². The van der Waals surface area contributed by atoms with E-state index in [0.717, 1.165) is 4.31 Å². The quantitative estimate of drug-likeness (QED) is 0.852. The van der Waals surface area contributed by atoms with Crippen LogP contribution in [0.25, 0.3) is 0 Å². The van der Waals surface area contributed by atoms with Gasteiger partial charge in [-0.05, 0) is 23.8 Å². The standard InChI is InChI=1S/C11H14ClNO5S2/c12-11-2-1-10(7-9(11)8-14)20(17,18)13-3-5-19(15,16)6-4-13/h1-2,7,14H,3-6,8H2. The average Bonchev–Trinajstić information content (AvgIpc) is 2.38. The highest BCUT2D eigenvalue weighted by atomic mass is 35.5. The molecule has 112 valence electrons. The largest absolute Gasteiger partial charge is 0.392 e. The molecule has 2 rings (SSSR count). The summed E-state index contributed by atoms with van der Waals surface area (Å²) in [5.74, 6) is -0.348. The SMILES string of the molecule is O=S1(=O)CCN(S(=O)(=O)c2ccc(Cl)c(CO)c2)CC1. The molecular weight excluding hydrogens is 326 g/mol. The van der Waals surface area contributed by atoms with E-state index >= 15 is 0 Å². The first-order chi connectivity index (χ1) is 9.26. The van der Waals surface area contributed by atoms with Crippen molar-refractivity contribution in [1.29, 1.82) is 0 Å². The van der Waals surface area contributed by atoms with Crippen molar-refractivity contribution in [3.05, 3.63) is 28.8 Å². The fraction of sp³-hybridized carbons (Fsp3) is 0.455. The number of aliphatic hydroxyl groups is 1. The third-order valence-corrected chi connectivity index (χ3v) is 7.00. The van der Waals surface area contributed by atoms with Crippen molar-refractivity contribution >= 4 is 31.5 Å². The predicted molar refractivity (Wildman–Crippen MR) is 74.8 cm³/mol. The van der Waals surface area contributed by atoms with Gasteiger partial charge in [-0.25, -0.2) is 16.8 Å². The van der Waals surface area contributed by atoms with Crippen molar-refractivity contribution in [2.75, 3.05) is 24.6 Å². The Morgan fingerprint density at radius 3 is 2.40 bits per heavy atom. The number of hydrogen-bond donors (Lipinski definition) is 1. The van der Waals surface area contributed by atoms with Crippen LogP contribution in [-0.4, -0.2) is 50.8 Å². The van der Waals surface area contributed by atoms with Crippen LogP contribution in [0.4, 0.5) is 0 Å². The van der Waals surface area contributed by atoms with Crippen LogP contribution in [0.2, 0.25) is 5.02 Å². The molecule has 1 N–H and O–H groups in total. The summed E-state index contributed by atoms with van der Waals surface area (Å²) in [6.07, 6.45) is 0. The number of benzene rings is 1. The van der Waals surface area contributed by atoms with Crippen molar-refractivity contribution in [1.82, 2.24) is 4.31 Å². The topological polar surface area (TPSA) is 91.8 Å². The van der Waals surface area contributed by atoms with Gasteiger partial charge in [0, 0.05) is 18.1 Å². The van der Waals surface area contributed by atoms with E-state index in [4.69, 9.17) is 16.7 Å². The molecule has 1 aromatic rings. The molecule has 1 heterocycles. The lowest BCUT2D eigenvalue weighted by Crippen LogP contribution is -2.43. The molecule has 0 spiro atoms. The van der Waals surface area contributed by atoms with Gasteiger partial charge >= 0.3 is 0 Å². The minimum Gasteiger partial charge on any atom is -0.392 e. The Bertz CT molecular complexity index is 700. The molecule has 0 unspecified atom stereocenters. The van der Waals surface area contributed by atoms with E-state index in [0.29, 0.717) is 5.56 Å². The molecule has 0 radical (unpaired) electrons. The maximum Gasteiger partial charge on any atom is 0.243 e. The van der Waals surface area contributed by atoms with Crippen molar-refractivity contribution in [2.24, 2.45) is 0 Å². The molecule has 0 amide bonds. The highest BCUT2D eigenvalue weighted by molar-refractivity contribution is 7.92. The first-order valence-corrected chi connectivity index (χ1v) is 9.50. The highest BCUT2D eigenvalue weighted by Crippen LogP contribution is 2.24. The molecule has 0 saturated carbocycles. The smallest absolute Gasteiger partial charge is 0.243 e. The Morgan fingerprint density at radius 1 is 1.25 bits per heavy atom. The number of nitrogens with zero attached hydrogens (tertiary/aromatic N) is 1. The van der Waals surface area contributed by atoms with Gasteiger partial charge in [-0.3, -0.25) is 0 Å². The molecule has 20 heavy (non-hydrogen) atoms. The van der Waals surface area contributed by atoms with E-state index < -0.39 is 19.9 Å². The van der Waals surface area contributed by atoms with Crippen LogP contribution in [0.5, 0.6) is 0 Å². The lowest BCUT2D eigenvalue weighted by molar-refractivity contribution is 0.281. The second-order valence-corrected chi connectivity index (χ2v) is 9.12. The molecule has 0 aliphatic carbocycles. The van der Waals surface area contributed by atoms with Crippen LogP contribution in [0.15, 0.2) is 23.1 Å². The normalized spacial score (nSPS) is 19.9. The Balaban J connectivity index is 2.32. The zero-order valence-corrected chi connectivity index (χ0v) is 12.9. The molecule has 6 nitrogen and oxygen atoms in total. The molecule has 1 saturated heterocycles. The Kier molecular flexibility index (Phi) is 4.41. The van der Waals surface area contributed by atoms with E-state index in [9.17, 15) is 16.8 Å². The average molecular weight is 340 g/mol. The third-order valence-electron chi connectivity index (χ3n) is 3.13. The second kappa shape index (κ2) is 5.61. The van der Waals surface area contributed by atoms with Gasteiger partial charge in [-0.2, -0.15) is 4.31 Å². The number of sulfonamides is 1. The Hall–Kier alpha value is -0.670. The van der Waals surface area contributed by atoms with Crippen molar-refractivity contribution in [3.8, 4) is 0 Å². The molecule has 1 aliphatic heterocycles. The first-order valence-electron chi connectivity index (χ1n) is 5.86. The summed E-state index contributed by atoms with van der Waals surface area (Å²) in [5, 5.41) is 9.40. The van der Waals surface area contributed by atoms with Crippen LogP contribution in [0.1, 0.15) is 5.56 Å². The zero-order chi connectivity index (χ0) is 15.0. The number of halogens is 1. The number of rotatable bonds is 3. The lowest BCUT2D eigenvalue weighted by Gasteiger charge is -2.26. The van der Waals surface area contributed by atoms with Gasteiger partial charge in [0.25, 0.3) is 0 Å². The van der Waals surface area contributed by atoms with Gasteiger partial charge in [0.05, 0.1) is 23.0 Å².